The van der Waals surface area contributed by atoms with Gasteiger partial charge in [0.2, 0.25) is 0 Å². The van der Waals surface area contributed by atoms with Crippen LogP contribution in [0, 0.1) is 17.8 Å². The molecule has 0 aromatic carbocycles. The summed E-state index contributed by atoms with van der Waals surface area (Å²) in [6, 6.07) is 0. The molecule has 0 rings (SSSR count). The number of carbonyl (C=O) groups excluding carboxylic acids is 3. The first-order valence-electron chi connectivity index (χ1n) is 30.6. The molecule has 0 heterocycles. The summed E-state index contributed by atoms with van der Waals surface area (Å²) in [6.07, 6.45) is 56.7. The largest absolute Gasteiger partial charge is 0.462 e. The Morgan fingerprint density at radius 2 is 0.426 bits per heavy atom. The molecule has 1 atom stereocenters. The van der Waals surface area contributed by atoms with Gasteiger partial charge in [0.25, 0.3) is 0 Å². The number of rotatable bonds is 55. The van der Waals surface area contributed by atoms with Crippen molar-refractivity contribution in [2.24, 2.45) is 17.8 Å². The minimum atomic E-state index is -0.764. The minimum Gasteiger partial charge on any atom is -0.462 e. The summed E-state index contributed by atoms with van der Waals surface area (Å²) < 4.78 is 16.9. The molecular weight excluding hydrogens is 841 g/mol. The summed E-state index contributed by atoms with van der Waals surface area (Å²) in [5, 5.41) is 0. The molecule has 0 amide bonds. The van der Waals surface area contributed by atoms with Gasteiger partial charge in [0.15, 0.2) is 6.10 Å². The first kappa shape index (κ1) is 66.4. The van der Waals surface area contributed by atoms with E-state index in [-0.39, 0.29) is 31.1 Å². The Morgan fingerprint density at radius 3 is 0.632 bits per heavy atom. The van der Waals surface area contributed by atoms with Crippen LogP contribution < -0.4 is 0 Å². The van der Waals surface area contributed by atoms with Crippen LogP contribution in [0.25, 0.3) is 0 Å². The third kappa shape index (κ3) is 55.3. The molecule has 0 spiro atoms. The van der Waals surface area contributed by atoms with Crippen LogP contribution in [0.15, 0.2) is 0 Å². The smallest absolute Gasteiger partial charge is 0.306 e. The molecule has 0 N–H and O–H groups in total. The zero-order chi connectivity index (χ0) is 49.8. The molecule has 404 valence electrons. The van der Waals surface area contributed by atoms with E-state index in [1.165, 1.54) is 225 Å². The number of ether oxygens (including phenoxy) is 3. The van der Waals surface area contributed by atoms with Crippen molar-refractivity contribution in [3.63, 3.8) is 0 Å². The second-order valence-electron chi connectivity index (χ2n) is 22.8. The lowest BCUT2D eigenvalue weighted by atomic mass is 10.0. The van der Waals surface area contributed by atoms with E-state index in [0.717, 1.165) is 75.5 Å². The average molecular weight is 962 g/mol. The Kier molecular flexibility index (Phi) is 52.0. The Hall–Kier alpha value is -1.59. The normalized spacial score (nSPS) is 12.1. The van der Waals surface area contributed by atoms with E-state index in [1.807, 2.05) is 0 Å². The fraction of sp³-hybridized carbons (Fsp3) is 0.952. The molecule has 0 radical (unpaired) electrons. The van der Waals surface area contributed by atoms with Crippen LogP contribution in [-0.4, -0.2) is 37.2 Å². The Labute approximate surface area is 425 Å². The maximum absolute atomic E-state index is 12.9. The van der Waals surface area contributed by atoms with Crippen LogP contribution in [0.3, 0.4) is 0 Å². The fourth-order valence-electron chi connectivity index (χ4n) is 9.53. The summed E-state index contributed by atoms with van der Waals surface area (Å²) in [4.78, 5) is 38.2. The Morgan fingerprint density at radius 1 is 0.250 bits per heavy atom. The first-order valence-corrected chi connectivity index (χ1v) is 30.6. The van der Waals surface area contributed by atoms with Crippen LogP contribution in [0.4, 0.5) is 0 Å². The SMILES string of the molecule is CC(C)CCCCCCCCCCCCCCCCCCCCC(=O)OC[C@@H](COC(=O)CCCCCCCCCCCCCCC(C)C)OC(=O)CCCCCCCCCCCCCC(C)C. The third-order valence-corrected chi connectivity index (χ3v) is 14.1. The molecule has 0 saturated carbocycles. The number of unbranched alkanes of at least 4 members (excludes halogenated alkanes) is 38. The lowest BCUT2D eigenvalue weighted by Crippen LogP contribution is -2.30. The van der Waals surface area contributed by atoms with Gasteiger partial charge in [-0.05, 0) is 37.0 Å². The van der Waals surface area contributed by atoms with Gasteiger partial charge >= 0.3 is 17.9 Å². The van der Waals surface area contributed by atoms with Crippen LogP contribution in [0.5, 0.6) is 0 Å². The first-order chi connectivity index (χ1) is 33.1. The maximum Gasteiger partial charge on any atom is 0.306 e. The van der Waals surface area contributed by atoms with E-state index in [4.69, 9.17) is 14.2 Å². The number of carbonyl (C=O) groups is 3. The van der Waals surface area contributed by atoms with Gasteiger partial charge in [0.05, 0.1) is 0 Å². The highest BCUT2D eigenvalue weighted by Crippen LogP contribution is 2.19. The van der Waals surface area contributed by atoms with E-state index < -0.39 is 6.10 Å². The van der Waals surface area contributed by atoms with E-state index >= 15 is 0 Å². The van der Waals surface area contributed by atoms with Crippen LogP contribution in [0.2, 0.25) is 0 Å². The lowest BCUT2D eigenvalue weighted by molar-refractivity contribution is -0.167. The van der Waals surface area contributed by atoms with Crippen LogP contribution >= 0.6 is 0 Å². The number of hydrogen-bond acceptors (Lipinski definition) is 6. The van der Waals surface area contributed by atoms with E-state index in [2.05, 4.69) is 41.5 Å². The predicted octanol–water partition coefficient (Wildman–Crippen LogP) is 20.3. The molecule has 0 aromatic heterocycles. The number of esters is 3. The quantitative estimate of drug-likeness (QED) is 0.0343. The van der Waals surface area contributed by atoms with Crippen molar-refractivity contribution in [2.45, 2.75) is 349 Å². The molecule has 6 heteroatoms. The topological polar surface area (TPSA) is 78.9 Å². The summed E-state index contributed by atoms with van der Waals surface area (Å²) in [5.41, 5.74) is 0. The van der Waals surface area contributed by atoms with Crippen molar-refractivity contribution in [3.05, 3.63) is 0 Å². The number of hydrogen-bond donors (Lipinski definition) is 0. The third-order valence-electron chi connectivity index (χ3n) is 14.1. The van der Waals surface area contributed by atoms with Gasteiger partial charge in [-0.25, -0.2) is 0 Å². The van der Waals surface area contributed by atoms with Crippen molar-refractivity contribution in [1.82, 2.24) is 0 Å². The molecule has 0 bridgehead atoms. The molecule has 0 aliphatic heterocycles. The second-order valence-corrected chi connectivity index (χ2v) is 22.8. The van der Waals surface area contributed by atoms with Gasteiger partial charge in [-0.15, -0.1) is 0 Å². The molecule has 0 aliphatic rings. The summed E-state index contributed by atoms with van der Waals surface area (Å²) in [5.74, 6) is 1.68. The Balaban J connectivity index is 4.25. The second kappa shape index (κ2) is 53.2. The van der Waals surface area contributed by atoms with E-state index in [0.29, 0.717) is 19.3 Å². The monoisotopic (exact) mass is 961 g/mol. The summed E-state index contributed by atoms with van der Waals surface area (Å²) in [7, 11) is 0. The molecule has 68 heavy (non-hydrogen) atoms. The van der Waals surface area contributed by atoms with Gasteiger partial charge < -0.3 is 14.2 Å². The molecule has 0 saturated heterocycles. The molecule has 0 aromatic rings. The maximum atomic E-state index is 12.9. The summed E-state index contributed by atoms with van der Waals surface area (Å²) in [6.45, 7) is 13.8. The Bertz CT molecular complexity index is 1050. The highest BCUT2D eigenvalue weighted by molar-refractivity contribution is 5.71. The molecular formula is C62H120O6. The lowest BCUT2D eigenvalue weighted by Gasteiger charge is -2.18. The van der Waals surface area contributed by atoms with E-state index in [9.17, 15) is 14.4 Å². The molecule has 0 aliphatic carbocycles. The zero-order valence-corrected chi connectivity index (χ0v) is 46.9. The standard InChI is InChI=1S/C62H120O6/c1-56(2)48-42-36-30-24-18-13-11-9-7-8-10-12-14-21-27-33-39-45-51-60(63)66-54-59(68-62(65)53-47-41-35-29-23-17-20-26-32-38-44-50-58(5)6)55-67-61(64)52-46-40-34-28-22-16-15-19-25-31-37-43-49-57(3)4/h56-59H,7-55H2,1-6H3/t59-/m0/s1. The molecule has 0 fully saturated rings. The predicted molar refractivity (Wildman–Crippen MR) is 293 cm³/mol. The minimum absolute atomic E-state index is 0.0631. The van der Waals surface area contributed by atoms with Crippen molar-refractivity contribution in [3.8, 4) is 0 Å². The van der Waals surface area contributed by atoms with Crippen molar-refractivity contribution < 1.29 is 28.6 Å². The van der Waals surface area contributed by atoms with Crippen molar-refractivity contribution >= 4 is 17.9 Å². The molecule has 6 nitrogen and oxygen atoms in total. The fourth-order valence-corrected chi connectivity index (χ4v) is 9.53. The van der Waals surface area contributed by atoms with Gasteiger partial charge in [-0.3, -0.25) is 14.4 Å². The van der Waals surface area contributed by atoms with Gasteiger partial charge in [-0.2, -0.15) is 0 Å². The van der Waals surface area contributed by atoms with Crippen molar-refractivity contribution in [2.75, 3.05) is 13.2 Å². The van der Waals surface area contributed by atoms with Gasteiger partial charge in [0.1, 0.15) is 13.2 Å². The van der Waals surface area contributed by atoms with E-state index in [1.54, 1.807) is 0 Å². The van der Waals surface area contributed by atoms with Crippen LogP contribution in [0.1, 0.15) is 343 Å². The van der Waals surface area contributed by atoms with Gasteiger partial charge in [0, 0.05) is 19.3 Å². The van der Waals surface area contributed by atoms with Crippen molar-refractivity contribution in [1.29, 1.82) is 0 Å². The zero-order valence-electron chi connectivity index (χ0n) is 46.9. The van der Waals surface area contributed by atoms with Gasteiger partial charge in [-0.1, -0.05) is 305 Å². The summed E-state index contributed by atoms with van der Waals surface area (Å²) >= 11 is 0. The molecule has 0 unspecified atom stereocenters. The van der Waals surface area contributed by atoms with Crippen LogP contribution in [-0.2, 0) is 28.6 Å². The highest BCUT2D eigenvalue weighted by Gasteiger charge is 2.19. The highest BCUT2D eigenvalue weighted by atomic mass is 16.6. The average Bonchev–Trinajstić information content (AvgIpc) is 3.30.